The molecule has 0 N–H and O–H groups in total. The molecule has 2 heteroatoms. The van der Waals surface area contributed by atoms with E-state index in [-0.39, 0.29) is 11.9 Å². The number of ether oxygens (including phenoxy) is 1. The smallest absolute Gasteiger partial charge is 0.309 e. The highest BCUT2D eigenvalue weighted by molar-refractivity contribution is 5.73. The second kappa shape index (κ2) is 23.8. The van der Waals surface area contributed by atoms with Crippen LogP contribution in [-0.2, 0) is 9.53 Å². The fourth-order valence-electron chi connectivity index (χ4n) is 4.42. The van der Waals surface area contributed by atoms with Gasteiger partial charge in [-0.2, -0.15) is 0 Å². The molecular formula is C37H62O2. The number of carbonyl (C=O) groups excluding carboxylic acids is 1. The quantitative estimate of drug-likeness (QED) is 0.105. The molecule has 2 nitrogen and oxygen atoms in total. The Balaban J connectivity index is 0.000000830. The SMILES string of the molecule is C=C(CC)CC/C=C(\C)CCC=C(C)C.CCCCOC(=O)C1CCC=C(CC/C=C(\C)CCC=C(C)C)C1. The van der Waals surface area contributed by atoms with E-state index in [1.54, 1.807) is 0 Å². The third kappa shape index (κ3) is 22.4. The van der Waals surface area contributed by atoms with Crippen molar-refractivity contribution in [3.8, 4) is 0 Å². The fourth-order valence-corrected chi connectivity index (χ4v) is 4.42. The summed E-state index contributed by atoms with van der Waals surface area (Å²) in [6, 6.07) is 0. The van der Waals surface area contributed by atoms with Crippen LogP contribution >= 0.6 is 0 Å². The second-order valence-electron chi connectivity index (χ2n) is 11.8. The zero-order chi connectivity index (χ0) is 29.5. The fraction of sp³-hybridized carbons (Fsp3) is 0.649. The molecule has 0 saturated carbocycles. The summed E-state index contributed by atoms with van der Waals surface area (Å²) in [6.45, 7) is 22.0. The van der Waals surface area contributed by atoms with E-state index in [1.807, 2.05) is 0 Å². The molecule has 0 aromatic carbocycles. The van der Waals surface area contributed by atoms with Crippen LogP contribution in [0.5, 0.6) is 0 Å². The maximum Gasteiger partial charge on any atom is 0.309 e. The zero-order valence-corrected chi connectivity index (χ0v) is 27.1. The lowest BCUT2D eigenvalue weighted by molar-refractivity contribution is -0.149. The van der Waals surface area contributed by atoms with Gasteiger partial charge >= 0.3 is 5.97 Å². The molecule has 0 heterocycles. The van der Waals surface area contributed by atoms with Gasteiger partial charge in [0.1, 0.15) is 0 Å². The second-order valence-corrected chi connectivity index (χ2v) is 11.8. The number of unbranched alkanes of at least 4 members (excludes halogenated alkanes) is 1. The van der Waals surface area contributed by atoms with Gasteiger partial charge in [-0.1, -0.05) is 90.7 Å². The first-order valence-electron chi connectivity index (χ1n) is 15.7. The van der Waals surface area contributed by atoms with Crippen molar-refractivity contribution in [3.63, 3.8) is 0 Å². The molecule has 0 aromatic heterocycles. The Morgan fingerprint density at radius 1 is 0.872 bits per heavy atom. The lowest BCUT2D eigenvalue weighted by Crippen LogP contribution is -2.21. The summed E-state index contributed by atoms with van der Waals surface area (Å²) >= 11 is 0. The number of carbonyl (C=O) groups is 1. The lowest BCUT2D eigenvalue weighted by atomic mass is 9.87. The van der Waals surface area contributed by atoms with Crippen LogP contribution in [0.3, 0.4) is 0 Å². The van der Waals surface area contributed by atoms with E-state index in [2.05, 4.69) is 92.3 Å². The van der Waals surface area contributed by atoms with Crippen LogP contribution in [-0.4, -0.2) is 12.6 Å². The highest BCUT2D eigenvalue weighted by Gasteiger charge is 2.23. The molecule has 0 saturated heterocycles. The van der Waals surface area contributed by atoms with Gasteiger partial charge in [-0.3, -0.25) is 4.79 Å². The standard InChI is InChI=1S/C22H36O2.C15H26/c1-5-6-16-24-22(23)21-15-9-14-20(17-21)13-8-12-19(4)11-7-10-18(2)3;1-6-14(4)10-8-12-15(5)11-7-9-13(2)3/h10,12,14,21H,5-9,11,13,15-17H2,1-4H3;9,12H,4,6-8,10-11H2,1-3,5H3/b19-12+;15-12+. The van der Waals surface area contributed by atoms with Crippen LogP contribution in [0.1, 0.15) is 145 Å². The van der Waals surface area contributed by atoms with Gasteiger partial charge in [0, 0.05) is 0 Å². The lowest BCUT2D eigenvalue weighted by Gasteiger charge is -2.21. The van der Waals surface area contributed by atoms with E-state index >= 15 is 0 Å². The third-order valence-corrected chi connectivity index (χ3v) is 7.16. The van der Waals surface area contributed by atoms with Crippen LogP contribution < -0.4 is 0 Å². The number of rotatable bonds is 17. The summed E-state index contributed by atoms with van der Waals surface area (Å²) in [5.74, 6) is 0.104. The van der Waals surface area contributed by atoms with Gasteiger partial charge in [-0.05, 0) is 125 Å². The van der Waals surface area contributed by atoms with Crippen molar-refractivity contribution >= 4 is 5.97 Å². The van der Waals surface area contributed by atoms with Crippen molar-refractivity contribution in [3.05, 3.63) is 70.4 Å². The number of allylic oxidation sites excluding steroid dienone is 11. The molecule has 0 bridgehead atoms. The van der Waals surface area contributed by atoms with Gasteiger partial charge in [-0.15, -0.1) is 0 Å². The largest absolute Gasteiger partial charge is 0.465 e. The van der Waals surface area contributed by atoms with Gasteiger partial charge in [-0.25, -0.2) is 0 Å². The predicted octanol–water partition coefficient (Wildman–Crippen LogP) is 12.0. The topological polar surface area (TPSA) is 26.3 Å². The molecule has 1 aliphatic rings. The van der Waals surface area contributed by atoms with E-state index in [1.165, 1.54) is 46.3 Å². The van der Waals surface area contributed by atoms with E-state index in [4.69, 9.17) is 4.74 Å². The molecule has 0 radical (unpaired) electrons. The minimum absolute atomic E-state index is 0.0162. The molecule has 1 unspecified atom stereocenters. The van der Waals surface area contributed by atoms with E-state index < -0.39 is 0 Å². The molecule has 39 heavy (non-hydrogen) atoms. The minimum Gasteiger partial charge on any atom is -0.465 e. The van der Waals surface area contributed by atoms with Crippen molar-refractivity contribution in [1.82, 2.24) is 0 Å². The highest BCUT2D eigenvalue weighted by atomic mass is 16.5. The van der Waals surface area contributed by atoms with E-state index in [9.17, 15) is 4.79 Å². The zero-order valence-electron chi connectivity index (χ0n) is 27.1. The van der Waals surface area contributed by atoms with Crippen molar-refractivity contribution in [2.45, 2.75) is 145 Å². The molecule has 0 aromatic rings. The minimum atomic E-state index is 0.0162. The highest BCUT2D eigenvalue weighted by Crippen LogP contribution is 2.28. The van der Waals surface area contributed by atoms with E-state index in [0.717, 1.165) is 77.0 Å². The number of hydrogen-bond acceptors (Lipinski definition) is 2. The monoisotopic (exact) mass is 538 g/mol. The van der Waals surface area contributed by atoms with Gasteiger partial charge in [0.2, 0.25) is 0 Å². The molecular weight excluding hydrogens is 476 g/mol. The van der Waals surface area contributed by atoms with E-state index in [0.29, 0.717) is 6.61 Å². The van der Waals surface area contributed by atoms with Crippen molar-refractivity contribution in [2.75, 3.05) is 6.61 Å². The Kier molecular flexibility index (Phi) is 22.5. The van der Waals surface area contributed by atoms with Gasteiger partial charge in [0.05, 0.1) is 12.5 Å². The molecule has 1 rings (SSSR count). The van der Waals surface area contributed by atoms with Crippen LogP contribution in [0.25, 0.3) is 0 Å². The van der Waals surface area contributed by atoms with Gasteiger partial charge < -0.3 is 4.74 Å². The van der Waals surface area contributed by atoms with Gasteiger partial charge in [0.25, 0.3) is 0 Å². The molecule has 0 aliphatic heterocycles. The normalized spacial score (nSPS) is 15.5. The van der Waals surface area contributed by atoms with Gasteiger partial charge in [0.15, 0.2) is 0 Å². The number of hydrogen-bond donors (Lipinski definition) is 0. The molecule has 0 spiro atoms. The first-order chi connectivity index (χ1) is 18.6. The first-order valence-corrected chi connectivity index (χ1v) is 15.7. The average Bonchev–Trinajstić information content (AvgIpc) is 2.88. The van der Waals surface area contributed by atoms with Crippen LogP contribution in [0.15, 0.2) is 70.4 Å². The summed E-state index contributed by atoms with van der Waals surface area (Å²) in [7, 11) is 0. The summed E-state index contributed by atoms with van der Waals surface area (Å²) < 4.78 is 5.39. The maximum absolute atomic E-state index is 12.1. The Labute approximate surface area is 243 Å². The van der Waals surface area contributed by atoms with Crippen molar-refractivity contribution in [2.24, 2.45) is 5.92 Å². The Morgan fingerprint density at radius 2 is 1.44 bits per heavy atom. The third-order valence-electron chi connectivity index (χ3n) is 7.16. The number of esters is 1. The summed E-state index contributed by atoms with van der Waals surface area (Å²) in [5.41, 5.74) is 8.60. The molecule has 0 fully saturated rings. The van der Waals surface area contributed by atoms with Crippen LogP contribution in [0.4, 0.5) is 0 Å². The summed E-state index contributed by atoms with van der Waals surface area (Å²) in [4.78, 5) is 12.1. The summed E-state index contributed by atoms with van der Waals surface area (Å²) in [6.07, 6.45) is 26.8. The molecule has 0 amide bonds. The average molecular weight is 539 g/mol. The Morgan fingerprint density at radius 3 is 1.97 bits per heavy atom. The predicted molar refractivity (Wildman–Crippen MR) is 174 cm³/mol. The van der Waals surface area contributed by atoms with Crippen molar-refractivity contribution in [1.29, 1.82) is 0 Å². The maximum atomic E-state index is 12.1. The van der Waals surface area contributed by atoms with Crippen LogP contribution in [0.2, 0.25) is 0 Å². The molecule has 222 valence electrons. The Hall–Kier alpha value is -2.09. The van der Waals surface area contributed by atoms with Crippen molar-refractivity contribution < 1.29 is 9.53 Å². The van der Waals surface area contributed by atoms with Crippen LogP contribution in [0, 0.1) is 5.92 Å². The molecule has 1 atom stereocenters. The summed E-state index contributed by atoms with van der Waals surface area (Å²) in [5, 5.41) is 0. The first kappa shape index (κ1) is 36.9. The Bertz CT molecular complexity index is 839. The molecule has 1 aliphatic carbocycles.